The van der Waals surface area contributed by atoms with E-state index in [1.807, 2.05) is 0 Å². The van der Waals surface area contributed by atoms with Gasteiger partial charge in [-0.15, -0.1) is 12.4 Å². The van der Waals surface area contributed by atoms with Crippen LogP contribution in [0.25, 0.3) is 0 Å². The second kappa shape index (κ2) is 7.64. The number of nitrogens with one attached hydrogen (secondary N) is 3. The number of halogens is 4. The van der Waals surface area contributed by atoms with E-state index in [4.69, 9.17) is 0 Å². The highest BCUT2D eigenvalue weighted by molar-refractivity contribution is 5.93. The van der Waals surface area contributed by atoms with Gasteiger partial charge in [0.05, 0.1) is 0 Å². The number of pyridine rings is 1. The molecule has 0 saturated carbocycles. The second-order valence-electron chi connectivity index (χ2n) is 5.03. The van der Waals surface area contributed by atoms with Crippen molar-refractivity contribution in [2.45, 2.75) is 19.0 Å². The van der Waals surface area contributed by atoms with Crippen LogP contribution in [0.1, 0.15) is 28.9 Å². The van der Waals surface area contributed by atoms with Gasteiger partial charge < -0.3 is 15.6 Å². The molecule has 124 valence electrons. The largest absolute Gasteiger partial charge is 0.431 e. The van der Waals surface area contributed by atoms with Gasteiger partial charge in [0.25, 0.3) is 11.5 Å². The highest BCUT2D eigenvalue weighted by Gasteiger charge is 2.32. The molecule has 9 heteroatoms. The molecule has 1 saturated heterocycles. The number of rotatable bonds is 3. The van der Waals surface area contributed by atoms with Gasteiger partial charge in [-0.2, -0.15) is 13.2 Å². The van der Waals surface area contributed by atoms with Gasteiger partial charge in [-0.3, -0.25) is 9.59 Å². The summed E-state index contributed by atoms with van der Waals surface area (Å²) in [4.78, 5) is 25.1. The Balaban J connectivity index is 0.00000242. The zero-order chi connectivity index (χ0) is 15.5. The monoisotopic (exact) mass is 339 g/mol. The van der Waals surface area contributed by atoms with E-state index in [2.05, 4.69) is 10.6 Å². The lowest BCUT2D eigenvalue weighted by Crippen LogP contribution is -2.39. The zero-order valence-electron chi connectivity index (χ0n) is 11.6. The molecule has 1 amide bonds. The highest BCUT2D eigenvalue weighted by Crippen LogP contribution is 2.26. The minimum Gasteiger partial charge on any atom is -0.352 e. The van der Waals surface area contributed by atoms with E-state index in [9.17, 15) is 22.8 Å². The summed E-state index contributed by atoms with van der Waals surface area (Å²) in [6, 6.07) is 1.59. The van der Waals surface area contributed by atoms with Gasteiger partial charge in [0.15, 0.2) is 0 Å². The molecule has 22 heavy (non-hydrogen) atoms. The van der Waals surface area contributed by atoms with Crippen LogP contribution < -0.4 is 16.2 Å². The number of amides is 1. The minimum atomic E-state index is -4.64. The summed E-state index contributed by atoms with van der Waals surface area (Å²) < 4.78 is 37.2. The van der Waals surface area contributed by atoms with Gasteiger partial charge in [-0.1, -0.05) is 0 Å². The normalized spacial score (nSPS) is 18.4. The SMILES string of the molecule is Cl.O=C(NCC1CCCNC1)c1ccc(C(F)(F)F)[nH]c1=O. The van der Waals surface area contributed by atoms with Crippen LogP contribution in [-0.2, 0) is 6.18 Å². The molecule has 1 fully saturated rings. The van der Waals surface area contributed by atoms with Crippen molar-refractivity contribution in [2.75, 3.05) is 19.6 Å². The molecule has 1 atom stereocenters. The van der Waals surface area contributed by atoms with Gasteiger partial charge >= 0.3 is 6.18 Å². The predicted octanol–water partition coefficient (Wildman–Crippen LogP) is 1.54. The third-order valence-electron chi connectivity index (χ3n) is 3.41. The number of piperidine rings is 1. The third-order valence-corrected chi connectivity index (χ3v) is 3.41. The van der Waals surface area contributed by atoms with Crippen LogP contribution >= 0.6 is 12.4 Å². The van der Waals surface area contributed by atoms with Crippen molar-refractivity contribution in [2.24, 2.45) is 5.92 Å². The molecule has 1 aromatic heterocycles. The van der Waals surface area contributed by atoms with E-state index in [-0.39, 0.29) is 23.9 Å². The van der Waals surface area contributed by atoms with Crippen molar-refractivity contribution >= 4 is 18.3 Å². The molecular weight excluding hydrogens is 323 g/mol. The third kappa shape index (κ3) is 4.74. The zero-order valence-corrected chi connectivity index (χ0v) is 12.4. The Morgan fingerprint density at radius 2 is 2.09 bits per heavy atom. The van der Waals surface area contributed by atoms with Crippen LogP contribution in [0, 0.1) is 5.92 Å². The lowest BCUT2D eigenvalue weighted by atomic mass is 10.00. The molecule has 1 aromatic rings. The van der Waals surface area contributed by atoms with Gasteiger partial charge in [-0.05, 0) is 44.0 Å². The smallest absolute Gasteiger partial charge is 0.352 e. The summed E-state index contributed by atoms with van der Waals surface area (Å²) in [5.41, 5.74) is -2.52. The van der Waals surface area contributed by atoms with Crippen LogP contribution in [0.3, 0.4) is 0 Å². The number of carbonyl (C=O) groups is 1. The molecular formula is C13H17ClF3N3O2. The molecule has 5 nitrogen and oxygen atoms in total. The van der Waals surface area contributed by atoms with Crippen molar-refractivity contribution in [1.29, 1.82) is 0 Å². The van der Waals surface area contributed by atoms with E-state index in [1.54, 1.807) is 4.98 Å². The van der Waals surface area contributed by atoms with Gasteiger partial charge in [0.2, 0.25) is 0 Å². The summed E-state index contributed by atoms with van der Waals surface area (Å²) in [5, 5.41) is 5.78. The first kappa shape index (κ1) is 18.5. The molecule has 1 unspecified atom stereocenters. The molecule has 0 aliphatic carbocycles. The summed E-state index contributed by atoms with van der Waals surface area (Å²) in [5.74, 6) is -0.383. The quantitative estimate of drug-likeness (QED) is 0.782. The van der Waals surface area contributed by atoms with Crippen molar-refractivity contribution in [3.63, 3.8) is 0 Å². The number of aromatic amines is 1. The molecule has 1 aliphatic rings. The summed E-state index contributed by atoms with van der Waals surface area (Å²) in [7, 11) is 0. The Morgan fingerprint density at radius 3 is 2.64 bits per heavy atom. The lowest BCUT2D eigenvalue weighted by Gasteiger charge is -2.22. The Morgan fingerprint density at radius 1 is 1.36 bits per heavy atom. The fourth-order valence-electron chi connectivity index (χ4n) is 2.25. The summed E-state index contributed by atoms with van der Waals surface area (Å²) >= 11 is 0. The fourth-order valence-corrected chi connectivity index (χ4v) is 2.25. The van der Waals surface area contributed by atoms with Crippen molar-refractivity contribution in [3.8, 4) is 0 Å². The van der Waals surface area contributed by atoms with Gasteiger partial charge in [0.1, 0.15) is 11.3 Å². The van der Waals surface area contributed by atoms with E-state index in [0.29, 0.717) is 12.6 Å². The number of alkyl halides is 3. The Hall–Kier alpha value is -1.54. The van der Waals surface area contributed by atoms with Crippen molar-refractivity contribution in [3.05, 3.63) is 33.7 Å². The number of hydrogen-bond acceptors (Lipinski definition) is 3. The van der Waals surface area contributed by atoms with Gasteiger partial charge in [0, 0.05) is 6.54 Å². The molecule has 2 heterocycles. The van der Waals surface area contributed by atoms with E-state index >= 15 is 0 Å². The first-order valence-corrected chi connectivity index (χ1v) is 6.67. The average molecular weight is 340 g/mol. The first-order chi connectivity index (χ1) is 9.88. The molecule has 3 N–H and O–H groups in total. The maximum atomic E-state index is 12.4. The molecule has 0 spiro atoms. The number of H-pyrrole nitrogens is 1. The number of aromatic nitrogens is 1. The van der Waals surface area contributed by atoms with Crippen LogP contribution in [0.4, 0.5) is 13.2 Å². The second-order valence-corrected chi connectivity index (χ2v) is 5.03. The molecule has 0 bridgehead atoms. The fraction of sp³-hybridized carbons (Fsp3) is 0.538. The van der Waals surface area contributed by atoms with E-state index in [0.717, 1.165) is 32.0 Å². The van der Waals surface area contributed by atoms with E-state index in [1.165, 1.54) is 0 Å². The Labute approximate surface area is 131 Å². The maximum absolute atomic E-state index is 12.4. The molecule has 0 aromatic carbocycles. The topological polar surface area (TPSA) is 74.0 Å². The van der Waals surface area contributed by atoms with Crippen molar-refractivity contribution in [1.82, 2.24) is 15.6 Å². The van der Waals surface area contributed by atoms with Crippen LogP contribution in [0.2, 0.25) is 0 Å². The van der Waals surface area contributed by atoms with Gasteiger partial charge in [-0.25, -0.2) is 0 Å². The molecule has 0 radical (unpaired) electrons. The van der Waals surface area contributed by atoms with Crippen LogP contribution in [-0.4, -0.2) is 30.5 Å². The van der Waals surface area contributed by atoms with Crippen molar-refractivity contribution < 1.29 is 18.0 Å². The predicted molar refractivity (Wildman–Crippen MR) is 77.2 cm³/mol. The van der Waals surface area contributed by atoms with Crippen LogP contribution in [0.5, 0.6) is 0 Å². The Kier molecular flexibility index (Phi) is 6.43. The van der Waals surface area contributed by atoms with Crippen LogP contribution in [0.15, 0.2) is 16.9 Å². The summed E-state index contributed by atoms with van der Waals surface area (Å²) in [6.45, 7) is 2.12. The number of hydrogen-bond donors (Lipinski definition) is 3. The Bertz CT molecular complexity index is 568. The molecule has 2 rings (SSSR count). The maximum Gasteiger partial charge on any atom is 0.431 e. The summed E-state index contributed by atoms with van der Waals surface area (Å²) in [6.07, 6.45) is -2.65. The van der Waals surface area contributed by atoms with E-state index < -0.39 is 23.3 Å². The highest BCUT2D eigenvalue weighted by atomic mass is 35.5. The molecule has 1 aliphatic heterocycles. The first-order valence-electron chi connectivity index (χ1n) is 6.67. The number of carbonyl (C=O) groups excluding carboxylic acids is 1. The average Bonchev–Trinajstić information content (AvgIpc) is 2.45. The standard InChI is InChI=1S/C13H16F3N3O2.ClH/c14-13(15,16)10-4-3-9(12(21)19-10)11(20)18-7-8-2-1-5-17-6-8;/h3-4,8,17H,1-2,5-7H2,(H,18,20)(H,19,21);1H. The minimum absolute atomic E-state index is 0. The lowest BCUT2D eigenvalue weighted by molar-refractivity contribution is -0.141.